The first-order valence-corrected chi connectivity index (χ1v) is 14.2. The quantitative estimate of drug-likeness (QED) is 0.350. The van der Waals surface area contributed by atoms with Crippen molar-refractivity contribution in [3.05, 3.63) is 75.9 Å². The van der Waals surface area contributed by atoms with Gasteiger partial charge in [0.25, 0.3) is 0 Å². The van der Waals surface area contributed by atoms with Gasteiger partial charge in [0.15, 0.2) is 23.0 Å². The summed E-state index contributed by atoms with van der Waals surface area (Å²) in [4.78, 5) is 2.36. The maximum atomic E-state index is 10.2. The summed E-state index contributed by atoms with van der Waals surface area (Å²) in [5.74, 6) is 3.11. The standard InChI is InChI=1S/C33H41N3O5/c1-7-13-39-27-11-9-22(16-29(27)37-5)15-24-19-36(21(3)4)20-26-31(25(18-34)33(35)41-32(24)26)23-10-12-28(40-14-8-2)30(17-23)38-6/h9-12,15-17,21,31H,7-8,13-14,19-20,35H2,1-6H3/b24-15+. The van der Waals surface area contributed by atoms with E-state index in [-0.39, 0.29) is 17.8 Å². The van der Waals surface area contributed by atoms with E-state index in [2.05, 4.69) is 44.7 Å². The van der Waals surface area contributed by atoms with Crippen LogP contribution in [-0.4, -0.2) is 51.5 Å². The predicted octanol–water partition coefficient (Wildman–Crippen LogP) is 6.15. The van der Waals surface area contributed by atoms with E-state index < -0.39 is 0 Å². The maximum absolute atomic E-state index is 10.2. The Morgan fingerprint density at radius 2 is 1.61 bits per heavy atom. The van der Waals surface area contributed by atoms with E-state index in [0.29, 0.717) is 60.6 Å². The highest BCUT2D eigenvalue weighted by Crippen LogP contribution is 2.46. The molecule has 0 radical (unpaired) electrons. The molecule has 2 aliphatic heterocycles. The molecule has 0 amide bonds. The summed E-state index contributed by atoms with van der Waals surface area (Å²) in [5.41, 5.74) is 10.6. The molecular weight excluding hydrogens is 518 g/mol. The lowest BCUT2D eigenvalue weighted by atomic mass is 9.80. The molecule has 0 aliphatic carbocycles. The molecule has 2 aliphatic rings. The third-order valence-electron chi connectivity index (χ3n) is 7.27. The van der Waals surface area contributed by atoms with Crippen LogP contribution in [0.25, 0.3) is 6.08 Å². The maximum Gasteiger partial charge on any atom is 0.205 e. The van der Waals surface area contributed by atoms with Crippen molar-refractivity contribution in [1.82, 2.24) is 4.90 Å². The first-order valence-electron chi connectivity index (χ1n) is 14.2. The van der Waals surface area contributed by atoms with Crippen LogP contribution in [0.2, 0.25) is 0 Å². The van der Waals surface area contributed by atoms with E-state index in [9.17, 15) is 5.26 Å². The number of allylic oxidation sites excluding steroid dienone is 1. The number of ether oxygens (including phenoxy) is 5. The summed E-state index contributed by atoms with van der Waals surface area (Å²) in [6, 6.07) is 14.3. The molecule has 2 aromatic carbocycles. The smallest absolute Gasteiger partial charge is 0.205 e. The van der Waals surface area contributed by atoms with Gasteiger partial charge in [-0.2, -0.15) is 5.26 Å². The summed E-state index contributed by atoms with van der Waals surface area (Å²) < 4.78 is 29.3. The molecule has 218 valence electrons. The third kappa shape index (κ3) is 6.47. The van der Waals surface area contributed by atoms with Crippen LogP contribution in [0.1, 0.15) is 57.6 Å². The van der Waals surface area contributed by atoms with Crippen LogP contribution < -0.4 is 24.7 Å². The fraction of sp³-hybridized carbons (Fsp3) is 0.424. The number of benzene rings is 2. The third-order valence-corrected chi connectivity index (χ3v) is 7.27. The highest BCUT2D eigenvalue weighted by molar-refractivity contribution is 5.65. The zero-order chi connectivity index (χ0) is 29.5. The molecule has 2 aromatic rings. The zero-order valence-electron chi connectivity index (χ0n) is 25.0. The molecule has 0 fully saturated rings. The van der Waals surface area contributed by atoms with Gasteiger partial charge in [-0.15, -0.1) is 0 Å². The van der Waals surface area contributed by atoms with Gasteiger partial charge in [-0.05, 0) is 73.7 Å². The summed E-state index contributed by atoms with van der Waals surface area (Å²) in [7, 11) is 3.26. The molecule has 1 unspecified atom stereocenters. The lowest BCUT2D eigenvalue weighted by Crippen LogP contribution is -2.41. The Balaban J connectivity index is 1.83. The summed E-state index contributed by atoms with van der Waals surface area (Å²) in [6.07, 6.45) is 3.90. The van der Waals surface area contributed by atoms with Crippen molar-refractivity contribution in [2.24, 2.45) is 5.73 Å². The minimum Gasteiger partial charge on any atom is -0.493 e. The van der Waals surface area contributed by atoms with Gasteiger partial charge in [0.2, 0.25) is 5.88 Å². The Hall–Kier alpha value is -4.09. The summed E-state index contributed by atoms with van der Waals surface area (Å²) in [5, 5.41) is 10.2. The molecule has 8 heteroatoms. The number of nitrogens with zero attached hydrogens (tertiary/aromatic N) is 2. The van der Waals surface area contributed by atoms with Crippen LogP contribution in [0.15, 0.2) is 64.8 Å². The van der Waals surface area contributed by atoms with E-state index in [4.69, 9.17) is 29.4 Å². The van der Waals surface area contributed by atoms with Crippen molar-refractivity contribution in [2.45, 2.75) is 52.5 Å². The van der Waals surface area contributed by atoms with Crippen LogP contribution in [0.4, 0.5) is 0 Å². The van der Waals surface area contributed by atoms with Gasteiger partial charge in [-0.3, -0.25) is 4.90 Å². The van der Waals surface area contributed by atoms with E-state index in [1.54, 1.807) is 14.2 Å². The summed E-state index contributed by atoms with van der Waals surface area (Å²) in [6.45, 7) is 11.0. The second kappa shape index (κ2) is 13.5. The monoisotopic (exact) mass is 559 g/mol. The normalized spacial score (nSPS) is 18.2. The van der Waals surface area contributed by atoms with Crippen molar-refractivity contribution in [2.75, 3.05) is 40.5 Å². The van der Waals surface area contributed by atoms with Gasteiger partial charge in [0, 0.05) is 24.7 Å². The Morgan fingerprint density at radius 3 is 2.20 bits per heavy atom. The van der Waals surface area contributed by atoms with Crippen LogP contribution in [0, 0.1) is 11.3 Å². The Labute approximate surface area is 243 Å². The SMILES string of the molecule is CCCOc1ccc(/C=C2\CN(C(C)C)CC3=C2OC(N)=C(C#N)C3c2ccc(OCCC)c(OC)c2)cc1OC. The number of hydrogen-bond donors (Lipinski definition) is 1. The second-order valence-electron chi connectivity index (χ2n) is 10.5. The van der Waals surface area contributed by atoms with Crippen LogP contribution >= 0.6 is 0 Å². The van der Waals surface area contributed by atoms with E-state index >= 15 is 0 Å². The molecular formula is C33H41N3O5. The lowest BCUT2D eigenvalue weighted by Gasteiger charge is -2.40. The Kier molecular flexibility index (Phi) is 9.85. The van der Waals surface area contributed by atoms with Crippen molar-refractivity contribution in [1.29, 1.82) is 5.26 Å². The molecule has 2 N–H and O–H groups in total. The van der Waals surface area contributed by atoms with E-state index in [1.807, 2.05) is 36.4 Å². The van der Waals surface area contributed by atoms with Gasteiger partial charge >= 0.3 is 0 Å². The highest BCUT2D eigenvalue weighted by atomic mass is 16.5. The highest BCUT2D eigenvalue weighted by Gasteiger charge is 2.38. The molecule has 4 rings (SSSR count). The van der Waals surface area contributed by atoms with Gasteiger partial charge < -0.3 is 29.4 Å². The van der Waals surface area contributed by atoms with E-state index in [1.165, 1.54) is 0 Å². The van der Waals surface area contributed by atoms with Crippen LogP contribution in [-0.2, 0) is 4.74 Å². The summed E-state index contributed by atoms with van der Waals surface area (Å²) >= 11 is 0. The average Bonchev–Trinajstić information content (AvgIpc) is 2.98. The Bertz CT molecular complexity index is 1390. The fourth-order valence-electron chi connectivity index (χ4n) is 5.14. The van der Waals surface area contributed by atoms with Crippen LogP contribution in [0.3, 0.4) is 0 Å². The molecule has 0 spiro atoms. The van der Waals surface area contributed by atoms with Crippen molar-refractivity contribution < 1.29 is 23.7 Å². The predicted molar refractivity (Wildman–Crippen MR) is 160 cm³/mol. The minimum atomic E-state index is -0.387. The molecule has 0 saturated heterocycles. The zero-order valence-corrected chi connectivity index (χ0v) is 25.0. The van der Waals surface area contributed by atoms with Crippen molar-refractivity contribution in [3.63, 3.8) is 0 Å². The van der Waals surface area contributed by atoms with Crippen molar-refractivity contribution in [3.8, 4) is 29.1 Å². The first-order chi connectivity index (χ1) is 19.8. The molecule has 1 atom stereocenters. The van der Waals surface area contributed by atoms with Gasteiger partial charge in [0.1, 0.15) is 17.4 Å². The number of nitriles is 1. The second-order valence-corrected chi connectivity index (χ2v) is 10.5. The van der Waals surface area contributed by atoms with Gasteiger partial charge in [-0.25, -0.2) is 0 Å². The minimum absolute atomic E-state index is 0.117. The fourth-order valence-corrected chi connectivity index (χ4v) is 5.14. The number of methoxy groups -OCH3 is 2. The van der Waals surface area contributed by atoms with Gasteiger partial charge in [0.05, 0.1) is 33.4 Å². The molecule has 0 bridgehead atoms. The number of rotatable bonds is 11. The topological polar surface area (TPSA) is 99.2 Å². The molecule has 0 aromatic heterocycles. The van der Waals surface area contributed by atoms with Gasteiger partial charge in [-0.1, -0.05) is 26.0 Å². The number of hydrogen-bond acceptors (Lipinski definition) is 8. The lowest BCUT2D eigenvalue weighted by molar-refractivity contribution is 0.208. The number of nitrogens with two attached hydrogens (primary N) is 1. The first kappa shape index (κ1) is 29.9. The van der Waals surface area contributed by atoms with Crippen LogP contribution in [0.5, 0.6) is 23.0 Å². The average molecular weight is 560 g/mol. The van der Waals surface area contributed by atoms with Crippen molar-refractivity contribution >= 4 is 6.08 Å². The Morgan fingerprint density at radius 1 is 0.976 bits per heavy atom. The molecule has 0 saturated carbocycles. The molecule has 2 heterocycles. The largest absolute Gasteiger partial charge is 0.493 e. The molecule has 8 nitrogen and oxygen atoms in total. The molecule has 41 heavy (non-hydrogen) atoms. The van der Waals surface area contributed by atoms with E-state index in [0.717, 1.165) is 35.1 Å².